The fourth-order valence-corrected chi connectivity index (χ4v) is 0.408. The molecule has 0 aliphatic carbocycles. The number of rotatable bonds is 0. The SMILES string of the molecule is C.CC.CCC(C)(C)C.c1nncs1. The molecular weight excluding hydrogens is 192 g/mol. The van der Waals surface area contributed by atoms with E-state index in [1.807, 2.05) is 13.8 Å². The zero-order chi connectivity index (χ0) is 10.7. The van der Waals surface area contributed by atoms with Crippen LogP contribution in [0, 0.1) is 5.41 Å². The van der Waals surface area contributed by atoms with Gasteiger partial charge in [-0.15, -0.1) is 21.5 Å². The van der Waals surface area contributed by atoms with Crippen LogP contribution in [0.15, 0.2) is 11.0 Å². The minimum Gasteiger partial charge on any atom is -0.147 e. The van der Waals surface area contributed by atoms with E-state index in [0.29, 0.717) is 5.41 Å². The first-order valence-corrected chi connectivity index (χ1v) is 5.69. The largest absolute Gasteiger partial charge is 0.147 e. The van der Waals surface area contributed by atoms with E-state index in [0.717, 1.165) is 0 Å². The lowest BCUT2D eigenvalue weighted by atomic mass is 9.94. The molecule has 0 saturated heterocycles. The predicted octanol–water partition coefficient (Wildman–Crippen LogP) is 4.64. The molecule has 1 rings (SSSR count). The Labute approximate surface area is 93.8 Å². The quantitative estimate of drug-likeness (QED) is 0.634. The number of aromatic nitrogens is 2. The second-order valence-corrected chi connectivity index (χ2v) is 4.19. The molecule has 0 spiro atoms. The van der Waals surface area contributed by atoms with Crippen molar-refractivity contribution in [2.75, 3.05) is 0 Å². The number of hydrogen-bond acceptors (Lipinski definition) is 3. The van der Waals surface area contributed by atoms with Gasteiger partial charge in [-0.2, -0.15) is 0 Å². The lowest BCUT2D eigenvalue weighted by molar-refractivity contribution is 0.398. The van der Waals surface area contributed by atoms with Crippen molar-refractivity contribution in [3.05, 3.63) is 11.0 Å². The fourth-order valence-electron chi connectivity index (χ4n) is 0.136. The lowest BCUT2D eigenvalue weighted by Gasteiger charge is -2.12. The molecule has 0 saturated carbocycles. The molecule has 0 fully saturated rings. The van der Waals surface area contributed by atoms with Crippen LogP contribution in [0.5, 0.6) is 0 Å². The summed E-state index contributed by atoms with van der Waals surface area (Å²) in [6.45, 7) is 12.9. The van der Waals surface area contributed by atoms with E-state index in [1.165, 1.54) is 17.8 Å². The Balaban J connectivity index is -0.000000139. The Morgan fingerprint density at radius 1 is 1.07 bits per heavy atom. The van der Waals surface area contributed by atoms with E-state index < -0.39 is 0 Å². The highest BCUT2D eigenvalue weighted by atomic mass is 32.1. The van der Waals surface area contributed by atoms with E-state index in [-0.39, 0.29) is 7.43 Å². The molecule has 0 aliphatic rings. The molecular formula is C11H26N2S. The molecule has 0 atom stereocenters. The summed E-state index contributed by atoms with van der Waals surface area (Å²) < 4.78 is 0. The predicted molar refractivity (Wildman–Crippen MR) is 67.7 cm³/mol. The molecule has 1 aromatic rings. The Morgan fingerprint density at radius 2 is 1.36 bits per heavy atom. The highest BCUT2D eigenvalue weighted by molar-refractivity contribution is 7.07. The summed E-state index contributed by atoms with van der Waals surface area (Å²) in [6, 6.07) is 0. The molecule has 14 heavy (non-hydrogen) atoms. The van der Waals surface area contributed by atoms with Crippen LogP contribution in [0.2, 0.25) is 0 Å². The van der Waals surface area contributed by atoms with Gasteiger partial charge in [-0.05, 0) is 5.41 Å². The molecule has 1 heterocycles. The third kappa shape index (κ3) is 22.6. The molecule has 3 heteroatoms. The number of hydrogen-bond donors (Lipinski definition) is 0. The first kappa shape index (κ1) is 19.2. The molecule has 2 nitrogen and oxygen atoms in total. The van der Waals surface area contributed by atoms with Crippen LogP contribution in [0.4, 0.5) is 0 Å². The van der Waals surface area contributed by atoms with Crippen molar-refractivity contribution in [1.29, 1.82) is 0 Å². The minimum absolute atomic E-state index is 0. The highest BCUT2D eigenvalue weighted by Gasteiger charge is 2.03. The van der Waals surface area contributed by atoms with Gasteiger partial charge in [0.05, 0.1) is 0 Å². The average Bonchev–Trinajstić information content (AvgIpc) is 2.64. The Morgan fingerprint density at radius 3 is 1.43 bits per heavy atom. The van der Waals surface area contributed by atoms with Crippen LogP contribution in [-0.2, 0) is 0 Å². The number of nitrogens with zero attached hydrogens (tertiary/aromatic N) is 2. The van der Waals surface area contributed by atoms with E-state index in [4.69, 9.17) is 0 Å². The van der Waals surface area contributed by atoms with E-state index >= 15 is 0 Å². The Hall–Kier alpha value is -0.440. The van der Waals surface area contributed by atoms with Gasteiger partial charge in [-0.1, -0.05) is 55.4 Å². The first-order chi connectivity index (χ1) is 6.06. The van der Waals surface area contributed by atoms with Crippen molar-refractivity contribution in [2.24, 2.45) is 5.41 Å². The van der Waals surface area contributed by atoms with Crippen LogP contribution in [-0.4, -0.2) is 10.2 Å². The molecule has 0 bridgehead atoms. The average molecular weight is 218 g/mol. The maximum absolute atomic E-state index is 3.49. The maximum atomic E-state index is 3.49. The van der Waals surface area contributed by atoms with Gasteiger partial charge < -0.3 is 0 Å². The molecule has 86 valence electrons. The van der Waals surface area contributed by atoms with Crippen LogP contribution in [0.3, 0.4) is 0 Å². The van der Waals surface area contributed by atoms with Gasteiger partial charge >= 0.3 is 0 Å². The maximum Gasteiger partial charge on any atom is 0.103 e. The van der Waals surface area contributed by atoms with Gasteiger partial charge in [-0.25, -0.2) is 0 Å². The topological polar surface area (TPSA) is 25.8 Å². The van der Waals surface area contributed by atoms with Gasteiger partial charge in [-0.3, -0.25) is 0 Å². The van der Waals surface area contributed by atoms with Gasteiger partial charge in [0.2, 0.25) is 0 Å². The monoisotopic (exact) mass is 218 g/mol. The Bertz CT molecular complexity index is 137. The molecule has 0 radical (unpaired) electrons. The zero-order valence-electron chi connectivity index (χ0n) is 9.66. The van der Waals surface area contributed by atoms with Gasteiger partial charge in [0.1, 0.15) is 11.0 Å². The molecule has 0 N–H and O–H groups in total. The normalized spacial score (nSPS) is 8.43. The summed E-state index contributed by atoms with van der Waals surface area (Å²) in [5.74, 6) is 0. The van der Waals surface area contributed by atoms with Crippen molar-refractivity contribution < 1.29 is 0 Å². The van der Waals surface area contributed by atoms with Crippen LogP contribution >= 0.6 is 11.3 Å². The molecule has 0 unspecified atom stereocenters. The molecule has 0 amide bonds. The third-order valence-electron chi connectivity index (χ3n) is 1.34. The minimum atomic E-state index is 0. The van der Waals surface area contributed by atoms with Crippen LogP contribution in [0.25, 0.3) is 0 Å². The van der Waals surface area contributed by atoms with Crippen molar-refractivity contribution in [2.45, 2.75) is 55.4 Å². The summed E-state index contributed by atoms with van der Waals surface area (Å²) in [5, 5.41) is 6.98. The zero-order valence-corrected chi connectivity index (χ0v) is 10.5. The molecule has 1 aromatic heterocycles. The third-order valence-corrected chi connectivity index (χ3v) is 1.78. The lowest BCUT2D eigenvalue weighted by Crippen LogP contribution is -2.00. The van der Waals surface area contributed by atoms with Crippen molar-refractivity contribution in [3.63, 3.8) is 0 Å². The van der Waals surface area contributed by atoms with E-state index in [2.05, 4.69) is 37.9 Å². The fraction of sp³-hybridized carbons (Fsp3) is 0.818. The van der Waals surface area contributed by atoms with Crippen molar-refractivity contribution >= 4 is 11.3 Å². The van der Waals surface area contributed by atoms with Crippen LogP contribution < -0.4 is 0 Å². The van der Waals surface area contributed by atoms with Crippen LogP contribution in [0.1, 0.15) is 55.4 Å². The van der Waals surface area contributed by atoms with E-state index in [1.54, 1.807) is 11.0 Å². The summed E-state index contributed by atoms with van der Waals surface area (Å²) in [7, 11) is 0. The van der Waals surface area contributed by atoms with Gasteiger partial charge in [0, 0.05) is 0 Å². The van der Waals surface area contributed by atoms with E-state index in [9.17, 15) is 0 Å². The van der Waals surface area contributed by atoms with Gasteiger partial charge in [0.25, 0.3) is 0 Å². The summed E-state index contributed by atoms with van der Waals surface area (Å²) in [5.41, 5.74) is 3.90. The summed E-state index contributed by atoms with van der Waals surface area (Å²) in [4.78, 5) is 0. The highest BCUT2D eigenvalue weighted by Crippen LogP contribution is 2.16. The standard InChI is InChI=1S/C6H14.C2H2N2S.C2H6.CH4/c1-5-6(2,3)4;1-3-4-2-5-1;1-2;/h5H2,1-4H3;1-2H;1-2H3;1H4. The van der Waals surface area contributed by atoms with Gasteiger partial charge in [0.15, 0.2) is 0 Å². The Kier molecular flexibility index (Phi) is 17.2. The summed E-state index contributed by atoms with van der Waals surface area (Å²) >= 11 is 1.49. The second kappa shape index (κ2) is 12.6. The first-order valence-electron chi connectivity index (χ1n) is 4.75. The molecule has 0 aliphatic heterocycles. The van der Waals surface area contributed by atoms with Crippen molar-refractivity contribution in [3.8, 4) is 0 Å². The van der Waals surface area contributed by atoms with Crippen molar-refractivity contribution in [1.82, 2.24) is 10.2 Å². The second-order valence-electron chi connectivity index (χ2n) is 3.49. The summed E-state index contributed by atoms with van der Waals surface area (Å²) in [6.07, 6.45) is 1.27. The molecule has 0 aromatic carbocycles. The smallest absolute Gasteiger partial charge is 0.103 e.